The first-order valence-electron chi connectivity index (χ1n) is 8.69. The molecule has 152 valence electrons. The monoisotopic (exact) mass is 432 g/mol. The first-order chi connectivity index (χ1) is 13.9. The van der Waals surface area contributed by atoms with Crippen molar-refractivity contribution in [3.8, 4) is 5.75 Å². The Kier molecular flexibility index (Phi) is 6.78. The van der Waals surface area contributed by atoms with Crippen molar-refractivity contribution < 1.29 is 19.4 Å². The summed E-state index contributed by atoms with van der Waals surface area (Å²) in [6.45, 7) is 1.61. The Morgan fingerprint density at radius 3 is 2.83 bits per heavy atom. The fourth-order valence-corrected chi connectivity index (χ4v) is 4.57. The first-order valence-corrected chi connectivity index (χ1v) is 10.5. The highest BCUT2D eigenvalue weighted by atomic mass is 32.2. The molecule has 1 amide bonds. The standard InChI is InChI=1S/C19H20N4O4S2/c1-11-21-18-14(6-12(27-3)7-20-18)19(22-11)28-10-15(25)16-5-4-13(29-16)8-23(2)17(26)9-24/h4-7,24H,8-10H2,1-3H3. The number of ether oxygens (including phenoxy) is 1. The predicted octanol–water partition coefficient (Wildman–Crippen LogP) is 2.33. The van der Waals surface area contributed by atoms with E-state index in [1.165, 1.54) is 28.0 Å². The van der Waals surface area contributed by atoms with Crippen LogP contribution < -0.4 is 4.74 Å². The number of aliphatic hydroxyl groups is 1. The van der Waals surface area contributed by atoms with Crippen molar-refractivity contribution in [2.45, 2.75) is 18.5 Å². The molecule has 0 spiro atoms. The van der Waals surface area contributed by atoms with E-state index in [1.54, 1.807) is 33.3 Å². The molecule has 8 nitrogen and oxygen atoms in total. The molecule has 3 aromatic heterocycles. The van der Waals surface area contributed by atoms with Gasteiger partial charge in [-0.05, 0) is 25.1 Å². The van der Waals surface area contributed by atoms with Crippen molar-refractivity contribution in [2.24, 2.45) is 0 Å². The van der Waals surface area contributed by atoms with Gasteiger partial charge in [-0.2, -0.15) is 0 Å². The lowest BCUT2D eigenvalue weighted by Gasteiger charge is -2.14. The van der Waals surface area contributed by atoms with E-state index >= 15 is 0 Å². The van der Waals surface area contributed by atoms with Gasteiger partial charge >= 0.3 is 0 Å². The van der Waals surface area contributed by atoms with E-state index < -0.39 is 6.61 Å². The molecule has 0 radical (unpaired) electrons. The molecule has 0 atom stereocenters. The van der Waals surface area contributed by atoms with Crippen molar-refractivity contribution in [3.63, 3.8) is 0 Å². The number of thioether (sulfide) groups is 1. The smallest absolute Gasteiger partial charge is 0.248 e. The highest BCUT2D eigenvalue weighted by Crippen LogP contribution is 2.28. The second kappa shape index (κ2) is 9.29. The van der Waals surface area contributed by atoms with Crippen LogP contribution in [0.1, 0.15) is 20.4 Å². The molecule has 0 saturated heterocycles. The molecule has 10 heteroatoms. The number of aromatic nitrogens is 3. The molecule has 0 bridgehead atoms. The van der Waals surface area contributed by atoms with Gasteiger partial charge < -0.3 is 14.7 Å². The molecule has 0 unspecified atom stereocenters. The Balaban J connectivity index is 1.72. The van der Waals surface area contributed by atoms with E-state index in [2.05, 4.69) is 15.0 Å². The van der Waals surface area contributed by atoms with Crippen molar-refractivity contribution >= 4 is 45.8 Å². The van der Waals surface area contributed by atoms with Crippen LogP contribution in [0, 0.1) is 6.92 Å². The summed E-state index contributed by atoms with van der Waals surface area (Å²) in [6, 6.07) is 5.39. The van der Waals surface area contributed by atoms with E-state index in [0.717, 1.165) is 10.3 Å². The van der Waals surface area contributed by atoms with Gasteiger partial charge in [0.05, 0.1) is 35.9 Å². The van der Waals surface area contributed by atoms with E-state index in [9.17, 15) is 9.59 Å². The number of ketones is 1. The fraction of sp³-hybridized carbons (Fsp3) is 0.316. The number of thiophene rings is 1. The van der Waals surface area contributed by atoms with E-state index in [4.69, 9.17) is 9.84 Å². The lowest BCUT2D eigenvalue weighted by molar-refractivity contribution is -0.133. The summed E-state index contributed by atoms with van der Waals surface area (Å²) in [6.07, 6.45) is 1.60. The zero-order valence-corrected chi connectivity index (χ0v) is 17.8. The Hall–Kier alpha value is -2.56. The van der Waals surface area contributed by atoms with Crippen LogP contribution >= 0.6 is 23.1 Å². The van der Waals surface area contributed by atoms with E-state index in [1.807, 2.05) is 12.1 Å². The fourth-order valence-electron chi connectivity index (χ4n) is 2.55. The first kappa shape index (κ1) is 21.2. The number of amides is 1. The van der Waals surface area contributed by atoms with Gasteiger partial charge in [0.15, 0.2) is 11.4 Å². The summed E-state index contributed by atoms with van der Waals surface area (Å²) >= 11 is 2.67. The summed E-state index contributed by atoms with van der Waals surface area (Å²) in [7, 11) is 3.18. The Labute approximate surface area is 176 Å². The van der Waals surface area contributed by atoms with Gasteiger partial charge in [-0.3, -0.25) is 9.59 Å². The Bertz CT molecular complexity index is 1050. The van der Waals surface area contributed by atoms with Gasteiger partial charge in [-0.1, -0.05) is 11.8 Å². The van der Waals surface area contributed by atoms with Crippen LogP contribution in [0.3, 0.4) is 0 Å². The molecule has 0 aliphatic rings. The molecule has 0 aliphatic heterocycles. The van der Waals surface area contributed by atoms with Gasteiger partial charge in [-0.25, -0.2) is 15.0 Å². The average Bonchev–Trinajstić information content (AvgIpc) is 3.19. The van der Waals surface area contributed by atoms with Crippen molar-refractivity contribution in [3.05, 3.63) is 40.0 Å². The summed E-state index contributed by atoms with van der Waals surface area (Å²) in [5.74, 6) is 1.01. The number of nitrogens with zero attached hydrogens (tertiary/aromatic N) is 4. The zero-order chi connectivity index (χ0) is 21.0. The molecular weight excluding hydrogens is 412 g/mol. The third-order valence-electron chi connectivity index (χ3n) is 4.07. The van der Waals surface area contributed by atoms with Crippen LogP contribution in [0.4, 0.5) is 0 Å². The normalized spacial score (nSPS) is 10.9. The highest BCUT2D eigenvalue weighted by molar-refractivity contribution is 8.00. The van der Waals surface area contributed by atoms with Crippen LogP contribution in [0.25, 0.3) is 11.0 Å². The number of aliphatic hydroxyl groups excluding tert-OH is 1. The summed E-state index contributed by atoms with van der Waals surface area (Å²) in [4.78, 5) is 40.1. The molecule has 3 aromatic rings. The third-order valence-corrected chi connectivity index (χ3v) is 6.17. The lowest BCUT2D eigenvalue weighted by Crippen LogP contribution is -2.28. The number of pyridine rings is 1. The number of carbonyl (C=O) groups is 2. The summed E-state index contributed by atoms with van der Waals surface area (Å²) < 4.78 is 5.23. The Morgan fingerprint density at radius 2 is 2.10 bits per heavy atom. The van der Waals surface area contributed by atoms with Gasteiger partial charge in [-0.15, -0.1) is 11.3 Å². The summed E-state index contributed by atoms with van der Waals surface area (Å²) in [5, 5.41) is 10.3. The molecule has 29 heavy (non-hydrogen) atoms. The highest BCUT2D eigenvalue weighted by Gasteiger charge is 2.15. The van der Waals surface area contributed by atoms with Crippen molar-refractivity contribution in [1.82, 2.24) is 19.9 Å². The SMILES string of the molecule is COc1cnc2nc(C)nc(SCC(=O)c3ccc(CN(C)C(=O)CO)s3)c2c1. The molecule has 3 rings (SSSR count). The number of hydrogen-bond donors (Lipinski definition) is 1. The third kappa shape index (κ3) is 5.08. The number of hydrogen-bond acceptors (Lipinski definition) is 9. The van der Waals surface area contributed by atoms with Crippen LogP contribution in [0.5, 0.6) is 5.75 Å². The van der Waals surface area contributed by atoms with Gasteiger partial charge in [0, 0.05) is 11.9 Å². The lowest BCUT2D eigenvalue weighted by atomic mass is 10.3. The maximum absolute atomic E-state index is 12.6. The molecule has 0 aromatic carbocycles. The van der Waals surface area contributed by atoms with Crippen LogP contribution in [0.2, 0.25) is 0 Å². The quantitative estimate of drug-likeness (QED) is 0.328. The zero-order valence-electron chi connectivity index (χ0n) is 16.2. The number of aryl methyl sites for hydroxylation is 1. The summed E-state index contributed by atoms with van der Waals surface area (Å²) in [5.41, 5.74) is 0.559. The minimum Gasteiger partial charge on any atom is -0.495 e. The van der Waals surface area contributed by atoms with Crippen molar-refractivity contribution in [2.75, 3.05) is 26.5 Å². The number of methoxy groups -OCH3 is 1. The molecule has 1 N–H and O–H groups in total. The molecule has 3 heterocycles. The number of carbonyl (C=O) groups excluding carboxylic acids is 2. The second-order valence-corrected chi connectivity index (χ2v) is 8.34. The minimum absolute atomic E-state index is 0.0253. The van der Waals surface area contributed by atoms with E-state index in [0.29, 0.717) is 33.7 Å². The average molecular weight is 433 g/mol. The maximum Gasteiger partial charge on any atom is 0.248 e. The van der Waals surface area contributed by atoms with Gasteiger partial charge in [0.1, 0.15) is 23.2 Å². The Morgan fingerprint density at radius 1 is 1.31 bits per heavy atom. The second-order valence-electron chi connectivity index (χ2n) is 6.21. The largest absolute Gasteiger partial charge is 0.495 e. The number of fused-ring (bicyclic) bond motifs is 1. The number of likely N-dealkylation sites (N-methyl/N-ethyl adjacent to an activating group) is 1. The molecular formula is C19H20N4O4S2. The number of rotatable bonds is 8. The van der Waals surface area contributed by atoms with Crippen LogP contribution in [-0.2, 0) is 11.3 Å². The molecule has 0 aliphatic carbocycles. The van der Waals surface area contributed by atoms with E-state index in [-0.39, 0.29) is 17.4 Å². The number of Topliss-reactive ketones (excluding diaryl/α,β-unsaturated/α-hetero) is 1. The topological polar surface area (TPSA) is 106 Å². The maximum atomic E-state index is 12.6. The molecule has 0 saturated carbocycles. The predicted molar refractivity (Wildman–Crippen MR) is 112 cm³/mol. The van der Waals surface area contributed by atoms with Gasteiger partial charge in [0.2, 0.25) is 5.91 Å². The van der Waals surface area contributed by atoms with Gasteiger partial charge in [0.25, 0.3) is 0 Å². The molecule has 0 fully saturated rings. The van der Waals surface area contributed by atoms with Crippen molar-refractivity contribution in [1.29, 1.82) is 0 Å². The van der Waals surface area contributed by atoms with Crippen LogP contribution in [0.15, 0.2) is 29.4 Å². The van der Waals surface area contributed by atoms with Crippen LogP contribution in [-0.4, -0.2) is 63.2 Å². The minimum atomic E-state index is -0.531.